The van der Waals surface area contributed by atoms with Crippen molar-refractivity contribution >= 4 is 17.4 Å². The van der Waals surface area contributed by atoms with E-state index < -0.39 is 5.60 Å². The fraction of sp³-hybridized carbons (Fsp3) is 0.467. The SMILES string of the molecule is CC(=O)c1ccc(NC(=O)CN(C)CC(C)(C)O)cc1. The number of rotatable bonds is 6. The molecule has 20 heavy (non-hydrogen) atoms. The number of hydrogen-bond acceptors (Lipinski definition) is 4. The van der Waals surface area contributed by atoms with Crippen molar-refractivity contribution in [1.29, 1.82) is 0 Å². The molecule has 0 atom stereocenters. The summed E-state index contributed by atoms with van der Waals surface area (Å²) in [5, 5.41) is 12.4. The van der Waals surface area contributed by atoms with E-state index in [1.807, 2.05) is 0 Å². The monoisotopic (exact) mass is 278 g/mol. The number of ketones is 1. The van der Waals surface area contributed by atoms with Crippen LogP contribution in [-0.4, -0.2) is 47.4 Å². The van der Waals surface area contributed by atoms with Crippen LogP contribution < -0.4 is 5.32 Å². The highest BCUT2D eigenvalue weighted by Crippen LogP contribution is 2.10. The first-order valence-corrected chi connectivity index (χ1v) is 6.49. The molecular formula is C15H22N2O3. The quantitative estimate of drug-likeness (QED) is 0.774. The molecule has 0 aliphatic heterocycles. The Hall–Kier alpha value is -1.72. The molecule has 0 saturated heterocycles. The highest BCUT2D eigenvalue weighted by atomic mass is 16.3. The Morgan fingerprint density at radius 1 is 1.25 bits per heavy atom. The summed E-state index contributed by atoms with van der Waals surface area (Å²) in [6.07, 6.45) is 0. The summed E-state index contributed by atoms with van der Waals surface area (Å²) >= 11 is 0. The first-order chi connectivity index (χ1) is 9.17. The summed E-state index contributed by atoms with van der Waals surface area (Å²) in [6, 6.07) is 6.76. The van der Waals surface area contributed by atoms with Crippen LogP contribution in [-0.2, 0) is 4.79 Å². The maximum atomic E-state index is 11.8. The predicted octanol–water partition coefficient (Wildman–Crippen LogP) is 1.53. The Kier molecular flexibility index (Phi) is 5.42. The molecule has 2 N–H and O–H groups in total. The zero-order valence-electron chi connectivity index (χ0n) is 12.4. The Morgan fingerprint density at radius 2 is 1.80 bits per heavy atom. The van der Waals surface area contributed by atoms with Gasteiger partial charge in [-0.15, -0.1) is 0 Å². The number of carbonyl (C=O) groups excluding carboxylic acids is 2. The van der Waals surface area contributed by atoms with Gasteiger partial charge in [-0.05, 0) is 52.1 Å². The maximum absolute atomic E-state index is 11.8. The minimum atomic E-state index is -0.835. The van der Waals surface area contributed by atoms with Crippen molar-refractivity contribution in [3.63, 3.8) is 0 Å². The number of anilines is 1. The van der Waals surface area contributed by atoms with Gasteiger partial charge in [-0.1, -0.05) is 0 Å². The van der Waals surface area contributed by atoms with Crippen molar-refractivity contribution < 1.29 is 14.7 Å². The smallest absolute Gasteiger partial charge is 0.238 e. The Morgan fingerprint density at radius 3 is 2.25 bits per heavy atom. The fourth-order valence-corrected chi connectivity index (χ4v) is 1.95. The zero-order valence-corrected chi connectivity index (χ0v) is 12.4. The Balaban J connectivity index is 2.52. The molecule has 0 aliphatic carbocycles. The van der Waals surface area contributed by atoms with Gasteiger partial charge in [0.1, 0.15) is 0 Å². The lowest BCUT2D eigenvalue weighted by Crippen LogP contribution is -2.40. The van der Waals surface area contributed by atoms with Crippen LogP contribution in [0.5, 0.6) is 0 Å². The van der Waals surface area contributed by atoms with Crippen molar-refractivity contribution in [3.05, 3.63) is 29.8 Å². The molecule has 0 bridgehead atoms. The molecule has 0 saturated carbocycles. The average molecular weight is 278 g/mol. The lowest BCUT2D eigenvalue weighted by molar-refractivity contribution is -0.117. The first-order valence-electron chi connectivity index (χ1n) is 6.49. The van der Waals surface area contributed by atoms with Crippen molar-refractivity contribution in [2.45, 2.75) is 26.4 Å². The average Bonchev–Trinajstić information content (AvgIpc) is 2.26. The normalized spacial score (nSPS) is 11.5. The highest BCUT2D eigenvalue weighted by Gasteiger charge is 2.17. The van der Waals surface area contributed by atoms with Gasteiger partial charge in [0.05, 0.1) is 12.1 Å². The largest absolute Gasteiger partial charge is 0.389 e. The molecule has 1 aromatic rings. The summed E-state index contributed by atoms with van der Waals surface area (Å²) in [5.41, 5.74) is 0.428. The molecule has 1 rings (SSSR count). The van der Waals surface area contributed by atoms with Gasteiger partial charge in [0, 0.05) is 17.8 Å². The number of hydrogen-bond donors (Lipinski definition) is 2. The maximum Gasteiger partial charge on any atom is 0.238 e. The van der Waals surface area contributed by atoms with Crippen LogP contribution in [0.2, 0.25) is 0 Å². The second-order valence-corrected chi connectivity index (χ2v) is 5.67. The molecule has 1 amide bonds. The van der Waals surface area contributed by atoms with Gasteiger partial charge >= 0.3 is 0 Å². The van der Waals surface area contributed by atoms with E-state index in [-0.39, 0.29) is 18.2 Å². The van der Waals surface area contributed by atoms with Crippen molar-refractivity contribution in [3.8, 4) is 0 Å². The topological polar surface area (TPSA) is 69.6 Å². The number of amides is 1. The van der Waals surface area contributed by atoms with E-state index in [1.54, 1.807) is 50.1 Å². The molecule has 1 aromatic carbocycles. The molecule has 0 spiro atoms. The third-order valence-electron chi connectivity index (χ3n) is 2.65. The number of nitrogens with zero attached hydrogens (tertiary/aromatic N) is 1. The van der Waals surface area contributed by atoms with Gasteiger partial charge in [0.15, 0.2) is 5.78 Å². The van der Waals surface area contributed by atoms with Crippen LogP contribution in [0.15, 0.2) is 24.3 Å². The van der Waals surface area contributed by atoms with Gasteiger partial charge in [-0.25, -0.2) is 0 Å². The van der Waals surface area contributed by atoms with E-state index in [2.05, 4.69) is 5.32 Å². The summed E-state index contributed by atoms with van der Waals surface area (Å²) in [4.78, 5) is 24.7. The lowest BCUT2D eigenvalue weighted by atomic mass is 10.1. The molecule has 0 fully saturated rings. The van der Waals surface area contributed by atoms with Gasteiger partial charge in [0.25, 0.3) is 0 Å². The van der Waals surface area contributed by atoms with Gasteiger partial charge < -0.3 is 10.4 Å². The van der Waals surface area contributed by atoms with E-state index in [0.717, 1.165) is 0 Å². The van der Waals surface area contributed by atoms with Crippen LogP contribution in [0.1, 0.15) is 31.1 Å². The van der Waals surface area contributed by atoms with Crippen LogP contribution in [0.3, 0.4) is 0 Å². The Bertz CT molecular complexity index is 475. The van der Waals surface area contributed by atoms with E-state index in [9.17, 15) is 14.7 Å². The summed E-state index contributed by atoms with van der Waals surface area (Å²) in [6.45, 7) is 5.49. The third kappa shape index (κ3) is 5.95. The van der Waals surface area contributed by atoms with Crippen molar-refractivity contribution in [1.82, 2.24) is 4.90 Å². The predicted molar refractivity (Wildman–Crippen MR) is 78.9 cm³/mol. The molecule has 0 heterocycles. The minimum absolute atomic E-state index is 0.00668. The first kappa shape index (κ1) is 16.3. The molecular weight excluding hydrogens is 256 g/mol. The second-order valence-electron chi connectivity index (χ2n) is 5.67. The number of carbonyl (C=O) groups is 2. The molecule has 0 aromatic heterocycles. The number of nitrogens with one attached hydrogen (secondary N) is 1. The van der Waals surface area contributed by atoms with E-state index in [0.29, 0.717) is 17.8 Å². The van der Waals surface area contributed by atoms with Crippen LogP contribution >= 0.6 is 0 Å². The lowest BCUT2D eigenvalue weighted by Gasteiger charge is -2.24. The van der Waals surface area contributed by atoms with Crippen LogP contribution in [0.4, 0.5) is 5.69 Å². The molecule has 0 radical (unpaired) electrons. The highest BCUT2D eigenvalue weighted by molar-refractivity contribution is 5.96. The summed E-state index contributed by atoms with van der Waals surface area (Å²) in [5.74, 6) is -0.167. The molecule has 110 valence electrons. The van der Waals surface area contributed by atoms with E-state index >= 15 is 0 Å². The van der Waals surface area contributed by atoms with Gasteiger partial charge in [-0.2, -0.15) is 0 Å². The minimum Gasteiger partial charge on any atom is -0.389 e. The van der Waals surface area contributed by atoms with Crippen LogP contribution in [0.25, 0.3) is 0 Å². The van der Waals surface area contributed by atoms with E-state index in [1.165, 1.54) is 6.92 Å². The van der Waals surface area contributed by atoms with Gasteiger partial charge in [0.2, 0.25) is 5.91 Å². The third-order valence-corrected chi connectivity index (χ3v) is 2.65. The zero-order chi connectivity index (χ0) is 15.3. The molecule has 5 heteroatoms. The Labute approximate surface area is 119 Å². The molecule has 0 aliphatic rings. The standard InChI is InChI=1S/C15H22N2O3/c1-11(18)12-5-7-13(8-6-12)16-14(19)9-17(4)10-15(2,3)20/h5-8,20H,9-10H2,1-4H3,(H,16,19). The number of likely N-dealkylation sites (N-methyl/N-ethyl adjacent to an activating group) is 1. The molecule has 0 unspecified atom stereocenters. The van der Waals surface area contributed by atoms with Crippen molar-refractivity contribution in [2.24, 2.45) is 0 Å². The number of Topliss-reactive ketones (excluding diaryl/α,β-unsaturated/α-hetero) is 1. The molecule has 5 nitrogen and oxygen atoms in total. The number of benzene rings is 1. The van der Waals surface area contributed by atoms with Crippen LogP contribution in [0, 0.1) is 0 Å². The summed E-state index contributed by atoms with van der Waals surface area (Å²) < 4.78 is 0. The van der Waals surface area contributed by atoms with Gasteiger partial charge in [-0.3, -0.25) is 14.5 Å². The second kappa shape index (κ2) is 6.63. The fourth-order valence-electron chi connectivity index (χ4n) is 1.95. The van der Waals surface area contributed by atoms with E-state index in [4.69, 9.17) is 0 Å². The summed E-state index contributed by atoms with van der Waals surface area (Å²) in [7, 11) is 1.77. The van der Waals surface area contributed by atoms with Crippen molar-refractivity contribution in [2.75, 3.05) is 25.5 Å². The number of aliphatic hydroxyl groups is 1.